The summed E-state index contributed by atoms with van der Waals surface area (Å²) in [7, 11) is -4.40. The Labute approximate surface area is 325 Å². The lowest BCUT2D eigenvalue weighted by Crippen LogP contribution is -2.46. The number of hydrogen-bond donors (Lipinski definition) is 5. The van der Waals surface area contributed by atoms with Gasteiger partial charge in [0, 0.05) is 6.54 Å². The van der Waals surface area contributed by atoms with Gasteiger partial charge in [-0.2, -0.15) is 0 Å². The third-order valence-electron chi connectivity index (χ3n) is 9.51. The summed E-state index contributed by atoms with van der Waals surface area (Å²) < 4.78 is 22.0. The second kappa shape index (κ2) is 38.9. The number of aliphatic hydroxyl groups excluding tert-OH is 2. The van der Waals surface area contributed by atoms with E-state index >= 15 is 0 Å². The van der Waals surface area contributed by atoms with E-state index in [0.29, 0.717) is 12.8 Å². The van der Waals surface area contributed by atoms with E-state index in [9.17, 15) is 24.5 Å². The predicted molar refractivity (Wildman–Crippen MR) is 223 cm³/mol. The lowest BCUT2D eigenvalue weighted by molar-refractivity contribution is -0.124. The van der Waals surface area contributed by atoms with Crippen molar-refractivity contribution >= 4 is 13.7 Å². The molecule has 0 rings (SSSR count). The number of aliphatic hydroxyl groups is 2. The molecule has 9 nitrogen and oxygen atoms in total. The molecule has 0 aromatic heterocycles. The minimum Gasteiger partial charge on any atom is -0.393 e. The standard InChI is InChI=1S/C43H83N2O7P/c1-3-5-7-9-11-13-15-16-17-18-19-20-21-22-23-24-25-26-28-30-32-34-40(46)38-43(48)45-41(39-52-53(49,50)51-37-36-44)42(47)35-33-31-29-27-14-12-10-8-6-4-2/h6,8,14,27,33,35,40-42,46-47H,3-5,7,9-13,15-26,28-32,34,36-39,44H2,1-2H3,(H,45,48)(H,49,50)/b8-6+,27-14+,35-33+. The van der Waals surface area contributed by atoms with E-state index in [1.807, 2.05) is 6.08 Å². The van der Waals surface area contributed by atoms with Gasteiger partial charge in [-0.05, 0) is 38.5 Å². The Bertz CT molecular complexity index is 946. The van der Waals surface area contributed by atoms with Gasteiger partial charge in [-0.1, -0.05) is 185 Å². The van der Waals surface area contributed by atoms with Crippen molar-refractivity contribution in [3.63, 3.8) is 0 Å². The van der Waals surface area contributed by atoms with E-state index in [0.717, 1.165) is 44.9 Å². The fraction of sp³-hybridized carbons (Fsp3) is 0.837. The first kappa shape index (κ1) is 51.7. The highest BCUT2D eigenvalue weighted by atomic mass is 31.2. The minimum absolute atomic E-state index is 0.0424. The number of rotatable bonds is 40. The molecule has 6 N–H and O–H groups in total. The normalized spacial score (nSPS) is 15.1. The zero-order valence-electron chi connectivity index (χ0n) is 34.1. The number of hydrogen-bond acceptors (Lipinski definition) is 7. The van der Waals surface area contributed by atoms with Crippen molar-refractivity contribution in [1.82, 2.24) is 5.32 Å². The molecule has 0 fully saturated rings. The van der Waals surface area contributed by atoms with Crippen LogP contribution in [0.1, 0.15) is 194 Å². The molecule has 0 radical (unpaired) electrons. The first-order chi connectivity index (χ1) is 25.8. The predicted octanol–water partition coefficient (Wildman–Crippen LogP) is 10.9. The van der Waals surface area contributed by atoms with Crippen LogP contribution in [-0.4, -0.2) is 59.0 Å². The zero-order chi connectivity index (χ0) is 39.1. The molecule has 0 aromatic rings. The van der Waals surface area contributed by atoms with Crippen molar-refractivity contribution in [2.75, 3.05) is 19.8 Å². The number of nitrogens with two attached hydrogens (primary N) is 1. The molecular weight excluding hydrogens is 687 g/mol. The maximum atomic E-state index is 12.8. The Hall–Kier alpha value is -1.32. The fourth-order valence-electron chi connectivity index (χ4n) is 6.27. The van der Waals surface area contributed by atoms with Crippen LogP contribution >= 0.6 is 7.82 Å². The molecule has 312 valence electrons. The number of carbonyl (C=O) groups excluding carboxylic acids is 1. The molecule has 0 aliphatic rings. The second-order valence-electron chi connectivity index (χ2n) is 14.7. The van der Waals surface area contributed by atoms with Crippen LogP contribution in [0.15, 0.2) is 36.5 Å². The molecule has 0 aliphatic heterocycles. The fourth-order valence-corrected chi connectivity index (χ4v) is 7.03. The van der Waals surface area contributed by atoms with Crippen molar-refractivity contribution in [2.45, 2.75) is 212 Å². The molecule has 0 bridgehead atoms. The van der Waals surface area contributed by atoms with Crippen molar-refractivity contribution < 1.29 is 33.5 Å². The van der Waals surface area contributed by atoms with Crippen molar-refractivity contribution in [3.8, 4) is 0 Å². The van der Waals surface area contributed by atoms with E-state index in [1.165, 1.54) is 116 Å². The third kappa shape index (κ3) is 37.4. The molecule has 0 saturated heterocycles. The first-order valence-corrected chi connectivity index (χ1v) is 23.2. The Morgan fingerprint density at radius 3 is 1.55 bits per heavy atom. The summed E-state index contributed by atoms with van der Waals surface area (Å²) in [5.41, 5.74) is 5.34. The summed E-state index contributed by atoms with van der Waals surface area (Å²) in [6.45, 7) is 3.82. The highest BCUT2D eigenvalue weighted by molar-refractivity contribution is 7.47. The van der Waals surface area contributed by atoms with Crippen molar-refractivity contribution in [3.05, 3.63) is 36.5 Å². The SMILES string of the molecule is CC/C=C/CC/C=C/CC/C=C/C(O)C(COP(=O)(O)OCCN)NC(=O)CC(O)CCCCCCCCCCCCCCCCCCCCCCC. The van der Waals surface area contributed by atoms with Crippen LogP contribution in [0.2, 0.25) is 0 Å². The molecule has 4 unspecified atom stereocenters. The molecule has 0 spiro atoms. The van der Waals surface area contributed by atoms with E-state index in [1.54, 1.807) is 6.08 Å². The van der Waals surface area contributed by atoms with E-state index < -0.39 is 38.6 Å². The van der Waals surface area contributed by atoms with Crippen LogP contribution in [0.25, 0.3) is 0 Å². The van der Waals surface area contributed by atoms with Gasteiger partial charge in [0.25, 0.3) is 0 Å². The van der Waals surface area contributed by atoms with E-state index in [-0.39, 0.29) is 19.6 Å². The topological polar surface area (TPSA) is 151 Å². The maximum Gasteiger partial charge on any atom is 0.472 e. The molecular formula is C43H83N2O7P. The van der Waals surface area contributed by atoms with Gasteiger partial charge >= 0.3 is 7.82 Å². The van der Waals surface area contributed by atoms with Gasteiger partial charge in [0.2, 0.25) is 5.91 Å². The van der Waals surface area contributed by atoms with Gasteiger partial charge in [0.15, 0.2) is 0 Å². The van der Waals surface area contributed by atoms with Gasteiger partial charge in [-0.3, -0.25) is 13.8 Å². The number of phosphoric acid groups is 1. The summed E-state index contributed by atoms with van der Waals surface area (Å²) >= 11 is 0. The number of allylic oxidation sites excluding steroid dienone is 5. The molecule has 0 aromatic carbocycles. The lowest BCUT2D eigenvalue weighted by Gasteiger charge is -2.24. The highest BCUT2D eigenvalue weighted by Gasteiger charge is 2.27. The average molecular weight is 771 g/mol. The number of phosphoric ester groups is 1. The second-order valence-corrected chi connectivity index (χ2v) is 16.2. The van der Waals surface area contributed by atoms with Crippen molar-refractivity contribution in [2.24, 2.45) is 5.73 Å². The number of amides is 1. The largest absolute Gasteiger partial charge is 0.472 e. The smallest absolute Gasteiger partial charge is 0.393 e. The van der Waals surface area contributed by atoms with Crippen LogP contribution in [0.5, 0.6) is 0 Å². The maximum absolute atomic E-state index is 12.8. The molecule has 0 saturated carbocycles. The van der Waals surface area contributed by atoms with E-state index in [2.05, 4.69) is 43.5 Å². The highest BCUT2D eigenvalue weighted by Crippen LogP contribution is 2.43. The molecule has 4 atom stereocenters. The van der Waals surface area contributed by atoms with Gasteiger partial charge in [0.05, 0.1) is 37.9 Å². The lowest BCUT2D eigenvalue weighted by atomic mass is 10.0. The average Bonchev–Trinajstić information content (AvgIpc) is 3.13. The molecule has 10 heteroatoms. The van der Waals surface area contributed by atoms with Gasteiger partial charge in [-0.15, -0.1) is 0 Å². The van der Waals surface area contributed by atoms with Crippen molar-refractivity contribution in [1.29, 1.82) is 0 Å². The van der Waals surface area contributed by atoms with Crippen LogP contribution < -0.4 is 11.1 Å². The third-order valence-corrected chi connectivity index (χ3v) is 10.5. The molecule has 0 aliphatic carbocycles. The van der Waals surface area contributed by atoms with Gasteiger partial charge in [0.1, 0.15) is 0 Å². The zero-order valence-corrected chi connectivity index (χ0v) is 35.0. The Kier molecular flexibility index (Phi) is 38.0. The quantitative estimate of drug-likeness (QED) is 0.0235. The van der Waals surface area contributed by atoms with Crippen LogP contribution in [0.4, 0.5) is 0 Å². The summed E-state index contributed by atoms with van der Waals surface area (Å²) in [4.78, 5) is 22.7. The summed E-state index contributed by atoms with van der Waals surface area (Å²) in [5, 5.41) is 23.9. The number of nitrogens with one attached hydrogen (secondary N) is 1. The summed E-state index contributed by atoms with van der Waals surface area (Å²) in [6.07, 6.45) is 42.6. The van der Waals surface area contributed by atoms with Crippen LogP contribution in [-0.2, 0) is 18.4 Å². The van der Waals surface area contributed by atoms with Crippen LogP contribution in [0.3, 0.4) is 0 Å². The monoisotopic (exact) mass is 771 g/mol. The van der Waals surface area contributed by atoms with Crippen LogP contribution in [0, 0.1) is 0 Å². The van der Waals surface area contributed by atoms with Gasteiger partial charge < -0.3 is 26.2 Å². The Morgan fingerprint density at radius 2 is 1.09 bits per heavy atom. The number of carbonyl (C=O) groups is 1. The number of unbranched alkanes of at least 4 members (excludes halogenated alkanes) is 22. The summed E-state index contributed by atoms with van der Waals surface area (Å²) in [5.74, 6) is -0.460. The molecule has 53 heavy (non-hydrogen) atoms. The van der Waals surface area contributed by atoms with E-state index in [4.69, 9.17) is 14.8 Å². The Balaban J connectivity index is 4.17. The van der Waals surface area contributed by atoms with Gasteiger partial charge in [-0.25, -0.2) is 4.57 Å². The minimum atomic E-state index is -4.40. The summed E-state index contributed by atoms with van der Waals surface area (Å²) in [6, 6.07) is -1.00. The Morgan fingerprint density at radius 1 is 0.660 bits per heavy atom. The first-order valence-electron chi connectivity index (χ1n) is 21.7. The molecule has 0 heterocycles. The molecule has 1 amide bonds.